The summed E-state index contributed by atoms with van der Waals surface area (Å²) in [5.41, 5.74) is 1.58. The Labute approximate surface area is 182 Å². The molecule has 0 aliphatic heterocycles. The maximum Gasteiger partial charge on any atom is 0.319 e. The summed E-state index contributed by atoms with van der Waals surface area (Å²) in [6.45, 7) is 0. The summed E-state index contributed by atoms with van der Waals surface area (Å²) in [5.74, 6) is 5.82. The van der Waals surface area contributed by atoms with E-state index in [2.05, 4.69) is 22.5 Å². The zero-order chi connectivity index (χ0) is 21.4. The monoisotopic (exact) mass is 424 g/mol. The Morgan fingerprint density at radius 2 is 1.73 bits per heavy atom. The number of halogens is 1. The van der Waals surface area contributed by atoms with Gasteiger partial charge in [-0.3, -0.25) is 4.79 Å². The Morgan fingerprint density at radius 1 is 1.03 bits per heavy atom. The molecule has 0 bridgehead atoms. The highest BCUT2D eigenvalue weighted by Gasteiger charge is 2.36. The van der Waals surface area contributed by atoms with Crippen LogP contribution < -0.4 is 10.6 Å². The van der Waals surface area contributed by atoms with Gasteiger partial charge in [0.1, 0.15) is 0 Å². The van der Waals surface area contributed by atoms with Crippen molar-refractivity contribution in [2.75, 3.05) is 12.4 Å². The number of carbonyl (C=O) groups excluding carboxylic acids is 2. The lowest BCUT2D eigenvalue weighted by molar-refractivity contribution is -0.142. The molecule has 2 aromatic carbocycles. The van der Waals surface area contributed by atoms with Crippen molar-refractivity contribution in [2.45, 2.75) is 44.1 Å². The van der Waals surface area contributed by atoms with Gasteiger partial charge in [-0.1, -0.05) is 60.9 Å². The second-order valence-corrected chi connectivity index (χ2v) is 7.89. The molecule has 30 heavy (non-hydrogen) atoms. The average molecular weight is 425 g/mol. The number of benzene rings is 2. The Hall–Kier alpha value is -2.97. The van der Waals surface area contributed by atoms with Gasteiger partial charge in [-0.05, 0) is 43.2 Å². The van der Waals surface area contributed by atoms with Gasteiger partial charge in [-0.2, -0.15) is 0 Å². The average Bonchev–Trinajstić information content (AvgIpc) is 2.75. The molecule has 1 aliphatic carbocycles. The number of hydrogen-bond donors (Lipinski definition) is 2. The second kappa shape index (κ2) is 10.2. The molecule has 5 nitrogen and oxygen atoms in total. The molecule has 0 unspecified atom stereocenters. The zero-order valence-corrected chi connectivity index (χ0v) is 17.7. The van der Waals surface area contributed by atoms with Crippen LogP contribution in [0.4, 0.5) is 10.5 Å². The second-order valence-electron chi connectivity index (χ2n) is 7.48. The van der Waals surface area contributed by atoms with Gasteiger partial charge in [0.15, 0.2) is 0 Å². The predicted molar refractivity (Wildman–Crippen MR) is 118 cm³/mol. The van der Waals surface area contributed by atoms with Crippen LogP contribution in [0.1, 0.15) is 49.7 Å². The van der Waals surface area contributed by atoms with Gasteiger partial charge >= 0.3 is 12.0 Å². The summed E-state index contributed by atoms with van der Waals surface area (Å²) in [7, 11) is 1.36. The van der Waals surface area contributed by atoms with Crippen molar-refractivity contribution in [1.29, 1.82) is 0 Å². The number of ether oxygens (including phenoxy) is 1. The van der Waals surface area contributed by atoms with Crippen LogP contribution in [0.2, 0.25) is 5.02 Å². The van der Waals surface area contributed by atoms with Crippen LogP contribution in [0.15, 0.2) is 48.5 Å². The quantitative estimate of drug-likeness (QED) is 0.528. The Kier molecular flexibility index (Phi) is 7.37. The fourth-order valence-electron chi connectivity index (χ4n) is 3.68. The normalized spacial score (nSPS) is 14.7. The third kappa shape index (κ3) is 6.01. The lowest BCUT2D eigenvalue weighted by Gasteiger charge is -2.37. The number of amides is 2. The first-order chi connectivity index (χ1) is 14.5. The van der Waals surface area contributed by atoms with Gasteiger partial charge in [-0.25, -0.2) is 4.79 Å². The van der Waals surface area contributed by atoms with E-state index >= 15 is 0 Å². The molecule has 0 saturated heterocycles. The van der Waals surface area contributed by atoms with Crippen molar-refractivity contribution < 1.29 is 14.3 Å². The van der Waals surface area contributed by atoms with E-state index in [-0.39, 0.29) is 18.4 Å². The minimum Gasteiger partial charge on any atom is -0.469 e. The summed E-state index contributed by atoms with van der Waals surface area (Å²) in [6, 6.07) is 14.5. The molecule has 1 fully saturated rings. The van der Waals surface area contributed by atoms with Gasteiger partial charge in [-0.15, -0.1) is 0 Å². The molecule has 2 N–H and O–H groups in total. The Bertz CT molecular complexity index is 957. The van der Waals surface area contributed by atoms with Crippen LogP contribution >= 0.6 is 11.6 Å². The Morgan fingerprint density at radius 3 is 2.40 bits per heavy atom. The van der Waals surface area contributed by atoms with Crippen molar-refractivity contribution in [3.05, 3.63) is 64.7 Å². The fraction of sp³-hybridized carbons (Fsp3) is 0.333. The molecule has 6 heteroatoms. The largest absolute Gasteiger partial charge is 0.469 e. The van der Waals surface area contributed by atoms with Crippen molar-refractivity contribution in [3.8, 4) is 11.8 Å². The highest BCUT2D eigenvalue weighted by atomic mass is 35.5. The maximum absolute atomic E-state index is 12.6. The molecule has 0 radical (unpaired) electrons. The summed E-state index contributed by atoms with van der Waals surface area (Å²) < 4.78 is 4.82. The highest BCUT2D eigenvalue weighted by Crippen LogP contribution is 2.32. The molecule has 0 aromatic heterocycles. The standard InChI is InChI=1S/C24H25ClN2O3/c1-30-22(28)17-24(14-6-3-7-15-24)27-23(29)26-21-13-12-19(16-20(21)25)11-10-18-8-4-2-5-9-18/h2,4-5,8-9,12-13,16H,3,6-7,14-15,17H2,1H3,(H2,26,27,29). The summed E-state index contributed by atoms with van der Waals surface area (Å²) in [4.78, 5) is 24.5. The number of carbonyl (C=O) groups is 2. The van der Waals surface area contributed by atoms with Crippen molar-refractivity contribution >= 4 is 29.3 Å². The molecular weight excluding hydrogens is 400 g/mol. The van der Waals surface area contributed by atoms with Gasteiger partial charge in [0, 0.05) is 11.1 Å². The first kappa shape index (κ1) is 21.7. The smallest absolute Gasteiger partial charge is 0.319 e. The number of rotatable bonds is 4. The van der Waals surface area contributed by atoms with Crippen molar-refractivity contribution in [2.24, 2.45) is 0 Å². The van der Waals surface area contributed by atoms with Crippen LogP contribution in [0, 0.1) is 11.8 Å². The van der Waals surface area contributed by atoms with Gasteiger partial charge in [0.25, 0.3) is 0 Å². The molecule has 0 atom stereocenters. The van der Waals surface area contributed by atoms with E-state index in [1.807, 2.05) is 36.4 Å². The minimum atomic E-state index is -0.580. The summed E-state index contributed by atoms with van der Waals surface area (Å²) in [5, 5.41) is 6.19. The number of nitrogens with one attached hydrogen (secondary N) is 2. The molecule has 2 amide bonds. The van der Waals surface area contributed by atoms with E-state index in [4.69, 9.17) is 16.3 Å². The lowest BCUT2D eigenvalue weighted by Crippen LogP contribution is -2.52. The molecule has 156 valence electrons. The van der Waals surface area contributed by atoms with E-state index in [1.165, 1.54) is 7.11 Å². The van der Waals surface area contributed by atoms with Crippen LogP contribution in [0.3, 0.4) is 0 Å². The van der Waals surface area contributed by atoms with E-state index in [9.17, 15) is 9.59 Å². The number of methoxy groups -OCH3 is 1. The van der Waals surface area contributed by atoms with Crippen molar-refractivity contribution in [3.63, 3.8) is 0 Å². The van der Waals surface area contributed by atoms with E-state index in [1.54, 1.807) is 12.1 Å². The van der Waals surface area contributed by atoms with Gasteiger partial charge < -0.3 is 15.4 Å². The molecule has 1 aliphatic rings. The molecule has 0 heterocycles. The zero-order valence-electron chi connectivity index (χ0n) is 17.0. The van der Waals surface area contributed by atoms with E-state index in [0.29, 0.717) is 10.7 Å². The van der Waals surface area contributed by atoms with Crippen LogP contribution in [0.25, 0.3) is 0 Å². The molecule has 2 aromatic rings. The lowest BCUT2D eigenvalue weighted by atomic mass is 9.79. The maximum atomic E-state index is 12.6. The highest BCUT2D eigenvalue weighted by molar-refractivity contribution is 6.33. The van der Waals surface area contributed by atoms with Crippen LogP contribution in [0.5, 0.6) is 0 Å². The summed E-state index contributed by atoms with van der Waals surface area (Å²) in [6.07, 6.45) is 4.69. The summed E-state index contributed by atoms with van der Waals surface area (Å²) >= 11 is 6.36. The first-order valence-electron chi connectivity index (χ1n) is 10.0. The SMILES string of the molecule is COC(=O)CC1(NC(=O)Nc2ccc(C#Cc3ccccc3)cc2Cl)CCCCC1. The number of urea groups is 1. The topological polar surface area (TPSA) is 67.4 Å². The van der Waals surface area contributed by atoms with Gasteiger partial charge in [0.2, 0.25) is 0 Å². The molecule has 0 spiro atoms. The van der Waals surface area contributed by atoms with E-state index < -0.39 is 5.54 Å². The third-order valence-electron chi connectivity index (χ3n) is 5.24. The fourth-order valence-corrected chi connectivity index (χ4v) is 3.91. The van der Waals surface area contributed by atoms with Gasteiger partial charge in [0.05, 0.1) is 29.8 Å². The van der Waals surface area contributed by atoms with E-state index in [0.717, 1.165) is 43.2 Å². The molecule has 3 rings (SSSR count). The molecule has 1 saturated carbocycles. The third-order valence-corrected chi connectivity index (χ3v) is 5.55. The number of esters is 1. The van der Waals surface area contributed by atoms with Crippen molar-refractivity contribution in [1.82, 2.24) is 5.32 Å². The number of anilines is 1. The minimum absolute atomic E-state index is 0.165. The Balaban J connectivity index is 1.67. The number of hydrogen-bond acceptors (Lipinski definition) is 3. The van der Waals surface area contributed by atoms with Crippen LogP contribution in [-0.2, 0) is 9.53 Å². The molecular formula is C24H25ClN2O3. The van der Waals surface area contributed by atoms with Crippen LogP contribution in [-0.4, -0.2) is 24.6 Å². The predicted octanol–water partition coefficient (Wildman–Crippen LogP) is 5.13. The first-order valence-corrected chi connectivity index (χ1v) is 10.4.